The number of carboxylic acids is 1. The van der Waals surface area contributed by atoms with Crippen LogP contribution in [-0.4, -0.2) is 11.1 Å². The van der Waals surface area contributed by atoms with E-state index < -0.39 is 17.8 Å². The predicted molar refractivity (Wildman–Crippen MR) is 45.6 cm³/mol. The molecule has 1 aromatic carbocycles. The van der Waals surface area contributed by atoms with Crippen LogP contribution >= 0.6 is 0 Å². The van der Waals surface area contributed by atoms with E-state index in [1.165, 1.54) is 18.2 Å². The molecule has 0 heterocycles. The molecule has 0 bridgehead atoms. The molecule has 0 saturated carbocycles. The summed E-state index contributed by atoms with van der Waals surface area (Å²) in [5.74, 6) is -1.49. The van der Waals surface area contributed by atoms with Crippen molar-refractivity contribution in [3.63, 3.8) is 0 Å². The molecule has 0 saturated heterocycles. The zero-order chi connectivity index (χ0) is 9.84. The molecular weight excluding hydrogens is 173 g/mol. The lowest BCUT2D eigenvalue weighted by molar-refractivity contribution is -0.137. The molecule has 0 fully saturated rings. The number of nitrogens with two attached hydrogens (primary N) is 1. The maximum atomic E-state index is 13.0. The maximum Gasteiger partial charge on any atom is 0.305 e. The van der Waals surface area contributed by atoms with E-state index in [0.717, 1.165) is 0 Å². The first-order chi connectivity index (χ1) is 6.11. The molecule has 1 rings (SSSR count). The lowest BCUT2D eigenvalue weighted by Gasteiger charge is -2.09. The highest BCUT2D eigenvalue weighted by molar-refractivity contribution is 5.67. The van der Waals surface area contributed by atoms with Crippen LogP contribution in [0.2, 0.25) is 0 Å². The zero-order valence-corrected chi connectivity index (χ0v) is 6.90. The second-order valence-corrected chi connectivity index (χ2v) is 2.73. The van der Waals surface area contributed by atoms with Crippen molar-refractivity contribution < 1.29 is 14.3 Å². The molecule has 13 heavy (non-hydrogen) atoms. The Morgan fingerprint density at radius 2 is 2.15 bits per heavy atom. The van der Waals surface area contributed by atoms with Crippen molar-refractivity contribution in [3.05, 3.63) is 35.6 Å². The van der Waals surface area contributed by atoms with Crippen LogP contribution in [0.1, 0.15) is 18.0 Å². The molecule has 0 unspecified atom stereocenters. The molecule has 3 N–H and O–H groups in total. The first kappa shape index (κ1) is 9.67. The highest BCUT2D eigenvalue weighted by Gasteiger charge is 2.13. The minimum absolute atomic E-state index is 0.241. The summed E-state index contributed by atoms with van der Waals surface area (Å²) in [5.41, 5.74) is 5.72. The van der Waals surface area contributed by atoms with Crippen LogP contribution in [0.15, 0.2) is 24.3 Å². The van der Waals surface area contributed by atoms with E-state index in [4.69, 9.17) is 10.8 Å². The predicted octanol–water partition coefficient (Wildman–Crippen LogP) is 1.30. The fourth-order valence-electron chi connectivity index (χ4n) is 1.07. The first-order valence-electron chi connectivity index (χ1n) is 3.83. The van der Waals surface area contributed by atoms with Gasteiger partial charge in [0.05, 0.1) is 6.42 Å². The van der Waals surface area contributed by atoms with Crippen molar-refractivity contribution in [2.24, 2.45) is 5.73 Å². The van der Waals surface area contributed by atoms with Crippen molar-refractivity contribution in [3.8, 4) is 0 Å². The summed E-state index contributed by atoms with van der Waals surface area (Å²) in [6.45, 7) is 0. The highest BCUT2D eigenvalue weighted by atomic mass is 19.1. The van der Waals surface area contributed by atoms with Crippen molar-refractivity contribution in [1.82, 2.24) is 0 Å². The van der Waals surface area contributed by atoms with E-state index >= 15 is 0 Å². The van der Waals surface area contributed by atoms with Gasteiger partial charge in [0.15, 0.2) is 0 Å². The molecular formula is C9H10FNO2. The average Bonchev–Trinajstić information content (AvgIpc) is 2.03. The fourth-order valence-corrected chi connectivity index (χ4v) is 1.07. The number of carbonyl (C=O) groups is 1. The number of hydrogen-bond donors (Lipinski definition) is 2. The Labute approximate surface area is 75.0 Å². The third-order valence-electron chi connectivity index (χ3n) is 1.70. The molecule has 3 nitrogen and oxygen atoms in total. The van der Waals surface area contributed by atoms with Gasteiger partial charge in [-0.1, -0.05) is 18.2 Å². The number of carboxylic acid groups (broad SMARTS) is 1. The van der Waals surface area contributed by atoms with Crippen LogP contribution in [0.25, 0.3) is 0 Å². The van der Waals surface area contributed by atoms with Crippen molar-refractivity contribution in [2.45, 2.75) is 12.5 Å². The van der Waals surface area contributed by atoms with E-state index in [2.05, 4.69) is 0 Å². The van der Waals surface area contributed by atoms with Crippen molar-refractivity contribution in [1.29, 1.82) is 0 Å². The van der Waals surface area contributed by atoms with Crippen molar-refractivity contribution >= 4 is 5.97 Å². The molecule has 70 valence electrons. The molecule has 0 aromatic heterocycles. The Morgan fingerprint density at radius 3 is 2.69 bits per heavy atom. The summed E-state index contributed by atoms with van der Waals surface area (Å²) in [6, 6.07) is 5.13. The van der Waals surface area contributed by atoms with Gasteiger partial charge in [0, 0.05) is 11.6 Å². The van der Waals surface area contributed by atoms with Gasteiger partial charge in [0.1, 0.15) is 5.82 Å². The summed E-state index contributed by atoms with van der Waals surface area (Å²) in [6.07, 6.45) is -0.263. The van der Waals surface area contributed by atoms with Crippen molar-refractivity contribution in [2.75, 3.05) is 0 Å². The molecule has 0 aliphatic carbocycles. The van der Waals surface area contributed by atoms with E-state index in [0.29, 0.717) is 0 Å². The van der Waals surface area contributed by atoms with Gasteiger partial charge in [-0.3, -0.25) is 4.79 Å². The fraction of sp³-hybridized carbons (Fsp3) is 0.222. The Balaban J connectivity index is 2.82. The smallest absolute Gasteiger partial charge is 0.305 e. The van der Waals surface area contributed by atoms with Crippen LogP contribution in [0.3, 0.4) is 0 Å². The Hall–Kier alpha value is -1.42. The monoisotopic (exact) mass is 183 g/mol. The van der Waals surface area contributed by atoms with E-state index in [9.17, 15) is 9.18 Å². The van der Waals surface area contributed by atoms with Crippen LogP contribution in [0.4, 0.5) is 4.39 Å². The van der Waals surface area contributed by atoms with Gasteiger partial charge in [-0.25, -0.2) is 4.39 Å². The quantitative estimate of drug-likeness (QED) is 0.742. The van der Waals surface area contributed by atoms with E-state index in [1.54, 1.807) is 6.07 Å². The number of benzene rings is 1. The minimum atomic E-state index is -1.03. The lowest BCUT2D eigenvalue weighted by atomic mass is 10.0. The van der Waals surface area contributed by atoms with Gasteiger partial charge in [0.25, 0.3) is 0 Å². The molecule has 1 atom stereocenters. The summed E-state index contributed by atoms with van der Waals surface area (Å²) >= 11 is 0. The summed E-state index contributed by atoms with van der Waals surface area (Å²) < 4.78 is 13.0. The molecule has 0 spiro atoms. The molecule has 0 radical (unpaired) electrons. The highest BCUT2D eigenvalue weighted by Crippen LogP contribution is 2.16. The third kappa shape index (κ3) is 2.52. The van der Waals surface area contributed by atoms with Gasteiger partial charge in [0.2, 0.25) is 0 Å². The van der Waals surface area contributed by atoms with Gasteiger partial charge in [-0.2, -0.15) is 0 Å². The average molecular weight is 183 g/mol. The number of hydrogen-bond acceptors (Lipinski definition) is 2. The SMILES string of the molecule is N[C@H](CC(=O)O)c1ccccc1F. The lowest BCUT2D eigenvalue weighted by Crippen LogP contribution is -2.16. The maximum absolute atomic E-state index is 13.0. The minimum Gasteiger partial charge on any atom is -0.481 e. The topological polar surface area (TPSA) is 63.3 Å². The number of aliphatic carboxylic acids is 1. The largest absolute Gasteiger partial charge is 0.481 e. The summed E-state index contributed by atoms with van der Waals surface area (Å²) in [5, 5.41) is 8.43. The Morgan fingerprint density at radius 1 is 1.54 bits per heavy atom. The third-order valence-corrected chi connectivity index (χ3v) is 1.70. The standard InChI is InChI=1S/C9H10FNO2/c10-7-4-2-1-3-6(7)8(11)5-9(12)13/h1-4,8H,5,11H2,(H,12,13)/t8-/m1/s1. The second-order valence-electron chi connectivity index (χ2n) is 2.73. The van der Waals surface area contributed by atoms with Crippen LogP contribution in [-0.2, 0) is 4.79 Å². The van der Waals surface area contributed by atoms with Gasteiger partial charge in [-0.15, -0.1) is 0 Å². The van der Waals surface area contributed by atoms with Crippen LogP contribution in [0, 0.1) is 5.82 Å². The first-order valence-corrected chi connectivity index (χ1v) is 3.83. The number of halogens is 1. The van der Waals surface area contributed by atoms with Gasteiger partial charge >= 0.3 is 5.97 Å². The van der Waals surface area contributed by atoms with E-state index in [1.807, 2.05) is 0 Å². The molecule has 0 amide bonds. The molecule has 0 aliphatic rings. The molecule has 0 aliphatic heterocycles. The van der Waals surface area contributed by atoms with E-state index in [-0.39, 0.29) is 12.0 Å². The van der Waals surface area contributed by atoms with Crippen LogP contribution < -0.4 is 5.73 Å². The Bertz CT molecular complexity index is 314. The normalized spacial score (nSPS) is 12.5. The Kier molecular flexibility index (Phi) is 2.97. The molecule has 1 aromatic rings. The molecule has 4 heteroatoms. The van der Waals surface area contributed by atoms with Gasteiger partial charge in [-0.05, 0) is 6.07 Å². The summed E-state index contributed by atoms with van der Waals surface area (Å²) in [7, 11) is 0. The number of rotatable bonds is 3. The zero-order valence-electron chi connectivity index (χ0n) is 6.90. The summed E-state index contributed by atoms with van der Waals surface area (Å²) in [4.78, 5) is 10.3. The van der Waals surface area contributed by atoms with Gasteiger partial charge < -0.3 is 10.8 Å². The second kappa shape index (κ2) is 4.00. The van der Waals surface area contributed by atoms with Crippen LogP contribution in [0.5, 0.6) is 0 Å².